The highest BCUT2D eigenvalue weighted by Crippen LogP contribution is 2.41. The van der Waals surface area contributed by atoms with Crippen LogP contribution in [0, 0.1) is 17.5 Å². The molecular weight excluding hydrogens is 427 g/mol. The van der Waals surface area contributed by atoms with Crippen LogP contribution in [-0.4, -0.2) is 45.0 Å². The first-order valence-electron chi connectivity index (χ1n) is 9.47. The molecule has 11 heteroatoms. The normalized spacial score (nSPS) is 12.1. The second-order valence-corrected chi connectivity index (χ2v) is 6.92. The molecule has 0 amide bonds. The van der Waals surface area contributed by atoms with Gasteiger partial charge in [0, 0.05) is 18.2 Å². The average Bonchev–Trinajstić information content (AvgIpc) is 3.23. The van der Waals surface area contributed by atoms with Crippen molar-refractivity contribution in [3.05, 3.63) is 60.3 Å². The van der Waals surface area contributed by atoms with Gasteiger partial charge in [-0.1, -0.05) is 0 Å². The van der Waals surface area contributed by atoms with Crippen LogP contribution in [0.2, 0.25) is 0 Å². The van der Waals surface area contributed by atoms with Crippen molar-refractivity contribution < 1.29 is 27.8 Å². The molecule has 0 aliphatic rings. The predicted molar refractivity (Wildman–Crippen MR) is 110 cm³/mol. The molecule has 0 bridgehead atoms. The van der Waals surface area contributed by atoms with Crippen molar-refractivity contribution >= 4 is 22.5 Å². The van der Waals surface area contributed by atoms with E-state index in [1.807, 2.05) is 0 Å². The second kappa shape index (κ2) is 8.71. The summed E-state index contributed by atoms with van der Waals surface area (Å²) in [6, 6.07) is 5.16. The molecule has 4 aromatic rings. The number of hydrogen-bond donors (Lipinski definition) is 2. The Hall–Kier alpha value is -3.86. The largest absolute Gasteiger partial charge is 0.494 e. The highest BCUT2D eigenvalue weighted by atomic mass is 19.1. The van der Waals surface area contributed by atoms with Crippen molar-refractivity contribution in [1.29, 1.82) is 0 Å². The lowest BCUT2D eigenvalue weighted by molar-refractivity contribution is 0.202. The number of aliphatic hydroxyl groups excluding tert-OH is 1. The minimum Gasteiger partial charge on any atom is -0.494 e. The zero-order chi connectivity index (χ0) is 22.8. The number of nitrogens with one attached hydrogen (secondary N) is 1. The third-order valence-electron chi connectivity index (χ3n) is 4.54. The van der Waals surface area contributed by atoms with Gasteiger partial charge in [0.05, 0.1) is 31.3 Å². The summed E-state index contributed by atoms with van der Waals surface area (Å²) in [5.41, 5.74) is 0.401. The van der Waals surface area contributed by atoms with E-state index >= 15 is 4.39 Å². The quantitative estimate of drug-likeness (QED) is 0.442. The number of benzene rings is 2. The van der Waals surface area contributed by atoms with E-state index in [-0.39, 0.29) is 29.5 Å². The topological polar surface area (TPSA) is 96.4 Å². The van der Waals surface area contributed by atoms with E-state index in [0.717, 1.165) is 18.2 Å². The Kier molecular flexibility index (Phi) is 5.82. The monoisotopic (exact) mass is 445 g/mol. The molecule has 0 aliphatic carbocycles. The van der Waals surface area contributed by atoms with Crippen LogP contribution in [0.3, 0.4) is 0 Å². The Bertz CT molecular complexity index is 1260. The molecule has 0 saturated carbocycles. The summed E-state index contributed by atoms with van der Waals surface area (Å²) in [7, 11) is 1.33. The Labute approximate surface area is 180 Å². The Balaban J connectivity index is 1.80. The maximum atomic E-state index is 15.4. The van der Waals surface area contributed by atoms with Crippen LogP contribution >= 0.6 is 0 Å². The lowest BCUT2D eigenvalue weighted by Gasteiger charge is -2.27. The highest BCUT2D eigenvalue weighted by Gasteiger charge is 2.25. The van der Waals surface area contributed by atoms with Crippen LogP contribution in [0.25, 0.3) is 11.0 Å². The van der Waals surface area contributed by atoms with E-state index in [4.69, 9.17) is 9.47 Å². The van der Waals surface area contributed by atoms with Crippen LogP contribution < -0.4 is 14.4 Å². The summed E-state index contributed by atoms with van der Waals surface area (Å²) < 4.78 is 53.2. The molecular formula is C21H18F3N5O3. The number of halogens is 3. The molecule has 2 aromatic heterocycles. The fourth-order valence-corrected chi connectivity index (χ4v) is 3.23. The number of anilines is 2. The van der Waals surface area contributed by atoms with Crippen molar-refractivity contribution in [2.75, 3.05) is 18.6 Å². The summed E-state index contributed by atoms with van der Waals surface area (Å²) in [5.74, 6) is -2.50. The number of ether oxygens (including phenoxy) is 2. The molecule has 32 heavy (non-hydrogen) atoms. The van der Waals surface area contributed by atoms with E-state index in [1.165, 1.54) is 30.6 Å². The minimum atomic E-state index is -0.937. The van der Waals surface area contributed by atoms with Crippen molar-refractivity contribution in [2.24, 2.45) is 0 Å². The molecule has 4 rings (SSSR count). The summed E-state index contributed by atoms with van der Waals surface area (Å²) in [6.07, 6.45) is 1.91. The molecule has 0 fully saturated rings. The molecule has 2 aromatic carbocycles. The maximum absolute atomic E-state index is 15.4. The first kappa shape index (κ1) is 21.4. The number of rotatable bonds is 7. The molecule has 2 N–H and O–H groups in total. The molecule has 0 saturated heterocycles. The maximum Gasteiger partial charge on any atom is 0.168 e. The summed E-state index contributed by atoms with van der Waals surface area (Å²) in [5, 5.41) is 17.2. The number of nitrogens with zero attached hydrogens (tertiary/aromatic N) is 4. The van der Waals surface area contributed by atoms with Crippen molar-refractivity contribution in [1.82, 2.24) is 20.2 Å². The van der Waals surface area contributed by atoms with Crippen LogP contribution in [0.4, 0.5) is 24.7 Å². The van der Waals surface area contributed by atoms with E-state index in [1.54, 1.807) is 6.92 Å². The summed E-state index contributed by atoms with van der Waals surface area (Å²) in [4.78, 5) is 9.74. The zero-order valence-electron chi connectivity index (χ0n) is 17.0. The second-order valence-electron chi connectivity index (χ2n) is 6.92. The number of aromatic nitrogens is 4. The van der Waals surface area contributed by atoms with Gasteiger partial charge in [0.1, 0.15) is 35.1 Å². The number of aromatic amines is 1. The van der Waals surface area contributed by atoms with E-state index in [0.29, 0.717) is 22.9 Å². The van der Waals surface area contributed by atoms with Crippen molar-refractivity contribution in [2.45, 2.75) is 13.0 Å². The Morgan fingerprint density at radius 2 is 1.91 bits per heavy atom. The standard InChI is InChI=1S/C21H18F3N5O3/c1-11(30)9-29(21-14-8-27-28-20(14)25-10-26-21)19-16(24)6-13(7-18(19)31-2)32-17-4-3-12(22)5-15(17)23/h3-8,10-11,30H,9H2,1-2H3,(H,25,26,27,28). The van der Waals surface area contributed by atoms with Crippen LogP contribution in [-0.2, 0) is 0 Å². The highest BCUT2D eigenvalue weighted by molar-refractivity contribution is 5.89. The summed E-state index contributed by atoms with van der Waals surface area (Å²) >= 11 is 0. The van der Waals surface area contributed by atoms with Gasteiger partial charge in [0.2, 0.25) is 0 Å². The number of fused-ring (bicyclic) bond motifs is 1. The first-order valence-corrected chi connectivity index (χ1v) is 9.47. The van der Waals surface area contributed by atoms with E-state index in [2.05, 4.69) is 20.2 Å². The third kappa shape index (κ3) is 4.14. The van der Waals surface area contributed by atoms with Crippen molar-refractivity contribution in [3.63, 3.8) is 0 Å². The smallest absolute Gasteiger partial charge is 0.168 e. The fourth-order valence-electron chi connectivity index (χ4n) is 3.23. The lowest BCUT2D eigenvalue weighted by Crippen LogP contribution is -2.28. The summed E-state index contributed by atoms with van der Waals surface area (Å²) in [6.45, 7) is 1.51. The molecule has 2 heterocycles. The molecule has 8 nitrogen and oxygen atoms in total. The molecule has 1 unspecified atom stereocenters. The van der Waals surface area contributed by atoms with Crippen molar-refractivity contribution in [3.8, 4) is 17.2 Å². The molecule has 0 spiro atoms. The van der Waals surface area contributed by atoms with Gasteiger partial charge in [-0.2, -0.15) is 5.10 Å². The van der Waals surface area contributed by atoms with Gasteiger partial charge >= 0.3 is 0 Å². The van der Waals surface area contributed by atoms with E-state index < -0.39 is 23.6 Å². The van der Waals surface area contributed by atoms with Gasteiger partial charge in [-0.15, -0.1) is 0 Å². The van der Waals surface area contributed by atoms with Gasteiger partial charge in [0.15, 0.2) is 23.0 Å². The SMILES string of the molecule is COc1cc(Oc2ccc(F)cc2F)cc(F)c1N(CC(C)O)c1ncnc2[nH]ncc12. The number of methoxy groups -OCH3 is 1. The van der Waals surface area contributed by atoms with Gasteiger partial charge in [-0.25, -0.2) is 23.1 Å². The molecule has 0 aliphatic heterocycles. The minimum absolute atomic E-state index is 0.0264. The van der Waals surface area contributed by atoms with Crippen LogP contribution in [0.5, 0.6) is 17.2 Å². The van der Waals surface area contributed by atoms with Gasteiger partial charge in [-0.05, 0) is 19.1 Å². The number of H-pyrrole nitrogens is 1. The van der Waals surface area contributed by atoms with Crippen LogP contribution in [0.1, 0.15) is 6.92 Å². The van der Waals surface area contributed by atoms with Gasteiger partial charge in [0.25, 0.3) is 0 Å². The Morgan fingerprint density at radius 1 is 1.09 bits per heavy atom. The number of aliphatic hydroxyl groups is 1. The van der Waals surface area contributed by atoms with Gasteiger partial charge in [-0.3, -0.25) is 5.10 Å². The first-order chi connectivity index (χ1) is 15.4. The average molecular weight is 445 g/mol. The Morgan fingerprint density at radius 3 is 2.62 bits per heavy atom. The molecule has 1 atom stereocenters. The van der Waals surface area contributed by atoms with Gasteiger partial charge < -0.3 is 19.5 Å². The lowest BCUT2D eigenvalue weighted by atomic mass is 10.2. The number of hydrogen-bond acceptors (Lipinski definition) is 7. The van der Waals surface area contributed by atoms with E-state index in [9.17, 15) is 13.9 Å². The van der Waals surface area contributed by atoms with Crippen LogP contribution in [0.15, 0.2) is 42.9 Å². The molecule has 166 valence electrons. The predicted octanol–water partition coefficient (Wildman–Crippen LogP) is 4.09. The third-order valence-corrected chi connectivity index (χ3v) is 4.54. The fraction of sp³-hybridized carbons (Fsp3) is 0.190. The molecule has 0 radical (unpaired) electrons. The zero-order valence-corrected chi connectivity index (χ0v) is 17.0.